The Morgan fingerprint density at radius 1 is 0.318 bits per heavy atom. The minimum atomic E-state index is 1.12. The van der Waals surface area contributed by atoms with Gasteiger partial charge in [0.05, 0.1) is 22.1 Å². The molecule has 0 aliphatic heterocycles. The van der Waals surface area contributed by atoms with Crippen molar-refractivity contribution in [3.05, 3.63) is 158 Å². The van der Waals surface area contributed by atoms with E-state index < -0.39 is 0 Å². The van der Waals surface area contributed by atoms with Gasteiger partial charge in [0.2, 0.25) is 0 Å². The van der Waals surface area contributed by atoms with Crippen molar-refractivity contribution < 1.29 is 0 Å². The van der Waals surface area contributed by atoms with Crippen LogP contribution in [0.2, 0.25) is 0 Å². The molecule has 0 spiro atoms. The molecule has 4 heteroatoms. The van der Waals surface area contributed by atoms with Gasteiger partial charge < -0.3 is 9.13 Å². The summed E-state index contributed by atoms with van der Waals surface area (Å²) >= 11 is 0. The number of fused-ring (bicyclic) bond motifs is 6. The van der Waals surface area contributed by atoms with Crippen molar-refractivity contribution in [1.82, 2.24) is 19.1 Å². The average Bonchev–Trinajstić information content (AvgIpc) is 3.61. The molecule has 4 nitrogen and oxygen atoms in total. The lowest BCUT2D eigenvalue weighted by molar-refractivity contribution is 1.13. The van der Waals surface area contributed by atoms with Crippen LogP contribution in [-0.2, 0) is 0 Å². The molecule has 0 N–H and O–H groups in total. The van der Waals surface area contributed by atoms with Crippen LogP contribution in [0.5, 0.6) is 0 Å². The highest BCUT2D eigenvalue weighted by atomic mass is 15.0. The third-order valence-corrected chi connectivity index (χ3v) is 8.72. The Bertz CT molecular complexity index is 2340. The molecule has 206 valence electrons. The molecule has 9 aromatic rings. The second kappa shape index (κ2) is 9.79. The van der Waals surface area contributed by atoms with Gasteiger partial charge in [0.1, 0.15) is 0 Å². The summed E-state index contributed by atoms with van der Waals surface area (Å²) in [6, 6.07) is 48.1. The van der Waals surface area contributed by atoms with Gasteiger partial charge in [0.25, 0.3) is 0 Å². The number of rotatable bonds is 4. The Morgan fingerprint density at radius 3 is 1.23 bits per heavy atom. The first-order chi connectivity index (χ1) is 21.8. The first-order valence-corrected chi connectivity index (χ1v) is 14.8. The summed E-state index contributed by atoms with van der Waals surface area (Å²) in [6.07, 6.45) is 7.41. The number of benzene rings is 5. The van der Waals surface area contributed by atoms with Gasteiger partial charge in [0.15, 0.2) is 0 Å². The maximum atomic E-state index is 4.23. The Labute approximate surface area is 254 Å². The van der Waals surface area contributed by atoms with Gasteiger partial charge >= 0.3 is 0 Å². The lowest BCUT2D eigenvalue weighted by atomic mass is 10.0. The molecule has 0 amide bonds. The number of pyridine rings is 2. The van der Waals surface area contributed by atoms with E-state index in [1.54, 1.807) is 0 Å². The van der Waals surface area contributed by atoms with Crippen LogP contribution in [0.1, 0.15) is 0 Å². The van der Waals surface area contributed by atoms with Crippen molar-refractivity contribution in [3.63, 3.8) is 0 Å². The second-order valence-electron chi connectivity index (χ2n) is 11.2. The number of para-hydroxylation sites is 2. The topological polar surface area (TPSA) is 35.6 Å². The van der Waals surface area contributed by atoms with Crippen LogP contribution in [0.15, 0.2) is 158 Å². The molecule has 4 heterocycles. The zero-order valence-corrected chi connectivity index (χ0v) is 23.8. The van der Waals surface area contributed by atoms with E-state index in [-0.39, 0.29) is 0 Å². The summed E-state index contributed by atoms with van der Waals surface area (Å²) in [5.74, 6) is 0. The van der Waals surface area contributed by atoms with Gasteiger partial charge in [-0.25, -0.2) is 0 Å². The molecule has 0 bridgehead atoms. The largest absolute Gasteiger partial charge is 0.309 e. The van der Waals surface area contributed by atoms with Crippen molar-refractivity contribution in [2.45, 2.75) is 0 Å². The third-order valence-electron chi connectivity index (χ3n) is 8.72. The van der Waals surface area contributed by atoms with Crippen LogP contribution in [0, 0.1) is 0 Å². The van der Waals surface area contributed by atoms with E-state index in [2.05, 4.69) is 153 Å². The van der Waals surface area contributed by atoms with Crippen molar-refractivity contribution in [3.8, 4) is 33.6 Å². The highest BCUT2D eigenvalue weighted by Gasteiger charge is 2.17. The molecule has 0 radical (unpaired) electrons. The molecule has 0 atom stereocenters. The van der Waals surface area contributed by atoms with E-state index in [4.69, 9.17) is 0 Å². The Hall–Kier alpha value is -6.00. The SMILES string of the molecule is c1cc(-n2c3ccccc3c3ccccc32)cc(-n2c3ccc(-c4ccncc4)cc3c3cc(-c4ccncc4)ccc32)c1. The van der Waals surface area contributed by atoms with Gasteiger partial charge in [-0.1, -0.05) is 54.6 Å². The van der Waals surface area contributed by atoms with Crippen molar-refractivity contribution in [1.29, 1.82) is 0 Å². The fourth-order valence-electron chi connectivity index (χ4n) is 6.72. The van der Waals surface area contributed by atoms with Gasteiger partial charge in [-0.2, -0.15) is 0 Å². The van der Waals surface area contributed by atoms with Gasteiger partial charge in [-0.05, 0) is 101 Å². The highest BCUT2D eigenvalue weighted by molar-refractivity contribution is 6.12. The van der Waals surface area contributed by atoms with Crippen molar-refractivity contribution in [2.24, 2.45) is 0 Å². The van der Waals surface area contributed by atoms with E-state index >= 15 is 0 Å². The molecule has 9 rings (SSSR count). The van der Waals surface area contributed by atoms with E-state index in [9.17, 15) is 0 Å². The molecular weight excluding hydrogens is 536 g/mol. The first kappa shape index (κ1) is 24.6. The normalized spacial score (nSPS) is 11.6. The number of nitrogens with zero attached hydrogens (tertiary/aromatic N) is 4. The van der Waals surface area contributed by atoms with E-state index in [1.165, 1.54) is 54.7 Å². The quantitative estimate of drug-likeness (QED) is 0.214. The number of hydrogen-bond acceptors (Lipinski definition) is 2. The zero-order valence-electron chi connectivity index (χ0n) is 23.8. The van der Waals surface area contributed by atoms with Crippen LogP contribution >= 0.6 is 0 Å². The van der Waals surface area contributed by atoms with Crippen LogP contribution in [0.25, 0.3) is 77.2 Å². The van der Waals surface area contributed by atoms with Crippen molar-refractivity contribution >= 4 is 43.6 Å². The van der Waals surface area contributed by atoms with Gasteiger partial charge in [-0.3, -0.25) is 9.97 Å². The molecule has 0 aliphatic carbocycles. The summed E-state index contributed by atoms with van der Waals surface area (Å²) < 4.78 is 4.78. The maximum Gasteiger partial charge on any atom is 0.0541 e. The summed E-state index contributed by atoms with van der Waals surface area (Å²) in [4.78, 5) is 8.46. The summed E-state index contributed by atoms with van der Waals surface area (Å²) in [5.41, 5.74) is 11.7. The fraction of sp³-hybridized carbons (Fsp3) is 0. The van der Waals surface area contributed by atoms with Crippen LogP contribution in [-0.4, -0.2) is 19.1 Å². The van der Waals surface area contributed by atoms with E-state index in [0.717, 1.165) is 22.5 Å². The Balaban J connectivity index is 1.31. The van der Waals surface area contributed by atoms with Gasteiger partial charge in [0, 0.05) is 57.7 Å². The molecule has 0 aliphatic rings. The molecule has 5 aromatic carbocycles. The maximum absolute atomic E-state index is 4.23. The fourth-order valence-corrected chi connectivity index (χ4v) is 6.72. The van der Waals surface area contributed by atoms with Crippen LogP contribution in [0.4, 0.5) is 0 Å². The minimum absolute atomic E-state index is 1.12. The zero-order chi connectivity index (χ0) is 29.0. The molecule has 0 unspecified atom stereocenters. The minimum Gasteiger partial charge on any atom is -0.309 e. The highest BCUT2D eigenvalue weighted by Crippen LogP contribution is 2.38. The number of hydrogen-bond donors (Lipinski definition) is 0. The molecule has 0 saturated carbocycles. The molecule has 4 aromatic heterocycles. The second-order valence-corrected chi connectivity index (χ2v) is 11.2. The third kappa shape index (κ3) is 3.78. The number of aromatic nitrogens is 4. The van der Waals surface area contributed by atoms with Crippen molar-refractivity contribution in [2.75, 3.05) is 0 Å². The van der Waals surface area contributed by atoms with Crippen LogP contribution < -0.4 is 0 Å². The van der Waals surface area contributed by atoms with Gasteiger partial charge in [-0.15, -0.1) is 0 Å². The van der Waals surface area contributed by atoms with E-state index in [1.807, 2.05) is 24.8 Å². The Kier molecular flexibility index (Phi) is 5.47. The lowest BCUT2D eigenvalue weighted by Crippen LogP contribution is -1.98. The monoisotopic (exact) mass is 562 g/mol. The molecule has 0 fully saturated rings. The summed E-state index contributed by atoms with van der Waals surface area (Å²) in [7, 11) is 0. The summed E-state index contributed by atoms with van der Waals surface area (Å²) in [5, 5.41) is 4.95. The smallest absolute Gasteiger partial charge is 0.0541 e. The summed E-state index contributed by atoms with van der Waals surface area (Å²) in [6.45, 7) is 0. The molecular formula is C40H26N4. The molecule has 0 saturated heterocycles. The lowest BCUT2D eigenvalue weighted by Gasteiger charge is -2.13. The average molecular weight is 563 g/mol. The Morgan fingerprint density at radius 2 is 0.750 bits per heavy atom. The van der Waals surface area contributed by atoms with E-state index in [0.29, 0.717) is 0 Å². The standard InChI is InChI=1S/C40H26N4/c1-3-10-37-33(8-1)34-9-2-4-11-38(34)43(37)31-6-5-7-32(26-31)44-39-14-12-29(27-16-20-41-21-17-27)24-35(39)36-25-30(13-15-40(36)44)28-18-22-42-23-19-28/h1-26H. The first-order valence-electron chi connectivity index (χ1n) is 14.8. The van der Waals surface area contributed by atoms with Crippen LogP contribution in [0.3, 0.4) is 0 Å². The predicted molar refractivity (Wildman–Crippen MR) is 182 cm³/mol. The molecule has 44 heavy (non-hydrogen) atoms. The predicted octanol–water partition coefficient (Wildman–Crippen LogP) is 10.0.